The summed E-state index contributed by atoms with van der Waals surface area (Å²) in [6, 6.07) is 18.4. The molecule has 1 aliphatic rings. The Kier molecular flexibility index (Phi) is 3.54. The molecule has 2 aromatic carbocycles. The second-order valence-electron chi connectivity index (χ2n) is 4.69. The quantitative estimate of drug-likeness (QED) is 0.852. The summed E-state index contributed by atoms with van der Waals surface area (Å²) in [4.78, 5) is 2.13. The fourth-order valence-corrected chi connectivity index (χ4v) is 2.18. The molecule has 4 heteroatoms. The molecule has 1 heterocycles. The normalized spacial score (nSPS) is 13.8. The maximum Gasteiger partial charge on any atom is 0.118 e. The van der Waals surface area contributed by atoms with Gasteiger partial charge in [-0.1, -0.05) is 30.3 Å². The van der Waals surface area contributed by atoms with Crippen LogP contribution in [-0.4, -0.2) is 25.1 Å². The second-order valence-corrected chi connectivity index (χ2v) is 4.69. The maximum absolute atomic E-state index is 5.16. The lowest BCUT2D eigenvalue weighted by Gasteiger charge is -2.19. The van der Waals surface area contributed by atoms with E-state index in [0.29, 0.717) is 0 Å². The van der Waals surface area contributed by atoms with Crippen LogP contribution in [0.3, 0.4) is 0 Å². The van der Waals surface area contributed by atoms with E-state index in [1.165, 1.54) is 5.56 Å². The Hall–Kier alpha value is -2.49. The summed E-state index contributed by atoms with van der Waals surface area (Å²) in [6.07, 6.45) is 1.87. The van der Waals surface area contributed by atoms with E-state index in [-0.39, 0.29) is 0 Å². The van der Waals surface area contributed by atoms with Crippen molar-refractivity contribution in [1.29, 1.82) is 0 Å². The number of benzene rings is 2. The van der Waals surface area contributed by atoms with Crippen LogP contribution in [-0.2, 0) is 6.54 Å². The van der Waals surface area contributed by atoms with Gasteiger partial charge in [0, 0.05) is 5.69 Å². The number of nitrogens with zero attached hydrogens (tertiary/aromatic N) is 3. The zero-order valence-corrected chi connectivity index (χ0v) is 11.4. The minimum atomic E-state index is 0.774. The molecule has 0 aromatic heterocycles. The van der Waals surface area contributed by atoms with Gasteiger partial charge in [-0.15, -0.1) is 0 Å². The van der Waals surface area contributed by atoms with E-state index < -0.39 is 0 Å². The predicted molar refractivity (Wildman–Crippen MR) is 80.8 cm³/mol. The van der Waals surface area contributed by atoms with Gasteiger partial charge in [0.15, 0.2) is 0 Å². The fourth-order valence-electron chi connectivity index (χ4n) is 2.18. The zero-order chi connectivity index (χ0) is 13.8. The molecule has 0 bridgehead atoms. The van der Waals surface area contributed by atoms with Gasteiger partial charge in [0.1, 0.15) is 18.8 Å². The average Bonchev–Trinajstić information content (AvgIpc) is 2.97. The molecule has 0 aliphatic carbocycles. The monoisotopic (exact) mass is 267 g/mol. The Balaban J connectivity index is 1.62. The highest BCUT2D eigenvalue weighted by atomic mass is 16.5. The molecule has 0 radical (unpaired) electrons. The summed E-state index contributed by atoms with van der Waals surface area (Å²) in [5.74, 6) is 0.879. The maximum atomic E-state index is 5.16. The van der Waals surface area contributed by atoms with Gasteiger partial charge in [-0.2, -0.15) is 5.10 Å². The topological polar surface area (TPSA) is 28.1 Å². The summed E-state index contributed by atoms with van der Waals surface area (Å²) < 4.78 is 5.16. The van der Waals surface area contributed by atoms with E-state index in [1.54, 1.807) is 7.11 Å². The molecule has 0 N–H and O–H groups in total. The van der Waals surface area contributed by atoms with Gasteiger partial charge >= 0.3 is 0 Å². The molecule has 3 rings (SSSR count). The van der Waals surface area contributed by atoms with Crippen LogP contribution in [0.4, 0.5) is 5.69 Å². The third kappa shape index (κ3) is 2.74. The second kappa shape index (κ2) is 5.65. The van der Waals surface area contributed by atoms with E-state index in [4.69, 9.17) is 4.74 Å². The molecule has 102 valence electrons. The third-order valence-electron chi connectivity index (χ3n) is 3.28. The van der Waals surface area contributed by atoms with Crippen molar-refractivity contribution in [2.75, 3.05) is 18.7 Å². The van der Waals surface area contributed by atoms with Crippen molar-refractivity contribution in [2.24, 2.45) is 5.10 Å². The highest BCUT2D eigenvalue weighted by molar-refractivity contribution is 5.80. The number of para-hydroxylation sites is 1. The third-order valence-corrected chi connectivity index (χ3v) is 3.28. The Morgan fingerprint density at radius 1 is 1.05 bits per heavy atom. The molecule has 4 nitrogen and oxygen atoms in total. The van der Waals surface area contributed by atoms with Crippen LogP contribution in [0.1, 0.15) is 5.56 Å². The molecule has 2 aromatic rings. The number of rotatable bonds is 4. The first kappa shape index (κ1) is 12.5. The number of hydrazone groups is 1. The number of ether oxygens (including phenoxy) is 1. The molecular formula is C16H17N3O. The molecule has 0 atom stereocenters. The summed E-state index contributed by atoms with van der Waals surface area (Å²) in [7, 11) is 1.68. The van der Waals surface area contributed by atoms with Crippen molar-refractivity contribution in [3.8, 4) is 5.75 Å². The Morgan fingerprint density at radius 2 is 1.80 bits per heavy atom. The summed E-state index contributed by atoms with van der Waals surface area (Å²) in [5.41, 5.74) is 2.38. The lowest BCUT2D eigenvalue weighted by Crippen LogP contribution is -2.26. The van der Waals surface area contributed by atoms with Gasteiger partial charge in [0.25, 0.3) is 0 Å². The molecule has 0 amide bonds. The molecular weight excluding hydrogens is 250 g/mol. The van der Waals surface area contributed by atoms with Gasteiger partial charge in [-0.05, 0) is 29.8 Å². The lowest BCUT2D eigenvalue weighted by atomic mass is 10.2. The van der Waals surface area contributed by atoms with Crippen LogP contribution in [0.5, 0.6) is 5.75 Å². The Bertz CT molecular complexity index is 580. The summed E-state index contributed by atoms with van der Waals surface area (Å²) in [6.45, 7) is 1.57. The first-order chi connectivity index (χ1) is 9.85. The van der Waals surface area contributed by atoms with Gasteiger partial charge < -0.3 is 9.64 Å². The predicted octanol–water partition coefficient (Wildman–Crippen LogP) is 2.92. The SMILES string of the molecule is COc1ccc(CN2CN(c3ccccc3)C=N2)cc1. The summed E-state index contributed by atoms with van der Waals surface area (Å²) in [5, 5.41) is 6.47. The van der Waals surface area contributed by atoms with E-state index >= 15 is 0 Å². The van der Waals surface area contributed by atoms with Crippen LogP contribution < -0.4 is 9.64 Å². The van der Waals surface area contributed by atoms with E-state index in [9.17, 15) is 0 Å². The van der Waals surface area contributed by atoms with Gasteiger partial charge in [0.05, 0.1) is 13.7 Å². The fraction of sp³-hybridized carbons (Fsp3) is 0.188. The van der Waals surface area contributed by atoms with Gasteiger partial charge in [-0.3, -0.25) is 5.01 Å². The summed E-state index contributed by atoms with van der Waals surface area (Å²) >= 11 is 0. The molecule has 0 saturated heterocycles. The highest BCUT2D eigenvalue weighted by Gasteiger charge is 2.15. The van der Waals surface area contributed by atoms with E-state index in [0.717, 1.165) is 24.7 Å². The van der Waals surface area contributed by atoms with Crippen LogP contribution in [0.2, 0.25) is 0 Å². The minimum Gasteiger partial charge on any atom is -0.497 e. The van der Waals surface area contributed by atoms with Crippen molar-refractivity contribution in [3.63, 3.8) is 0 Å². The standard InChI is InChI=1S/C16H17N3O/c1-20-16-9-7-14(8-10-16)11-19-13-18(12-17-19)15-5-3-2-4-6-15/h2-10,12H,11,13H2,1H3. The van der Waals surface area contributed by atoms with Crippen molar-refractivity contribution >= 4 is 12.0 Å². The molecule has 0 fully saturated rings. The van der Waals surface area contributed by atoms with Crippen molar-refractivity contribution in [2.45, 2.75) is 6.54 Å². The first-order valence-corrected chi connectivity index (χ1v) is 6.59. The number of anilines is 1. The van der Waals surface area contributed by atoms with Crippen LogP contribution in [0.25, 0.3) is 0 Å². The molecule has 20 heavy (non-hydrogen) atoms. The molecule has 1 aliphatic heterocycles. The van der Waals surface area contributed by atoms with Crippen molar-refractivity contribution in [3.05, 3.63) is 60.2 Å². The first-order valence-electron chi connectivity index (χ1n) is 6.59. The minimum absolute atomic E-state index is 0.774. The smallest absolute Gasteiger partial charge is 0.118 e. The Morgan fingerprint density at radius 3 is 2.50 bits per heavy atom. The van der Waals surface area contributed by atoms with Crippen LogP contribution >= 0.6 is 0 Å². The van der Waals surface area contributed by atoms with E-state index in [1.807, 2.05) is 41.7 Å². The number of hydrogen-bond donors (Lipinski definition) is 0. The van der Waals surface area contributed by atoms with Crippen LogP contribution in [0.15, 0.2) is 59.7 Å². The number of hydrogen-bond acceptors (Lipinski definition) is 4. The molecule has 0 unspecified atom stereocenters. The average molecular weight is 267 g/mol. The molecule has 0 spiro atoms. The van der Waals surface area contributed by atoms with Gasteiger partial charge in [0.2, 0.25) is 0 Å². The van der Waals surface area contributed by atoms with E-state index in [2.05, 4.69) is 34.3 Å². The Labute approximate surface area is 118 Å². The van der Waals surface area contributed by atoms with Crippen molar-refractivity contribution in [1.82, 2.24) is 5.01 Å². The zero-order valence-electron chi connectivity index (χ0n) is 11.4. The van der Waals surface area contributed by atoms with Crippen LogP contribution in [0, 0.1) is 0 Å². The largest absolute Gasteiger partial charge is 0.497 e. The van der Waals surface area contributed by atoms with Gasteiger partial charge in [-0.25, -0.2) is 0 Å². The van der Waals surface area contributed by atoms with Crippen molar-refractivity contribution < 1.29 is 4.74 Å². The number of methoxy groups -OCH3 is 1. The molecule has 0 saturated carbocycles. The highest BCUT2D eigenvalue weighted by Crippen LogP contribution is 2.18. The lowest BCUT2D eigenvalue weighted by molar-refractivity contribution is 0.310.